The van der Waals surface area contributed by atoms with E-state index in [9.17, 15) is 0 Å². The van der Waals surface area contributed by atoms with Crippen molar-refractivity contribution >= 4 is 11.6 Å². The van der Waals surface area contributed by atoms with Crippen LogP contribution in [0.3, 0.4) is 0 Å². The molecule has 0 spiro atoms. The summed E-state index contributed by atoms with van der Waals surface area (Å²) < 4.78 is 0. The molecule has 0 radical (unpaired) electrons. The molecule has 2 heteroatoms. The Hall–Kier alpha value is 0.250. The van der Waals surface area contributed by atoms with Crippen molar-refractivity contribution in [3.63, 3.8) is 0 Å². The Labute approximate surface area is 68.4 Å². The van der Waals surface area contributed by atoms with E-state index in [0.29, 0.717) is 5.38 Å². The summed E-state index contributed by atoms with van der Waals surface area (Å²) in [5, 5.41) is 0.310. The van der Waals surface area contributed by atoms with Crippen LogP contribution in [0.4, 0.5) is 0 Å². The highest BCUT2D eigenvalue weighted by molar-refractivity contribution is 6.20. The molecule has 1 heterocycles. The van der Waals surface area contributed by atoms with Gasteiger partial charge < -0.3 is 4.90 Å². The Balaban J connectivity index is 2.18. The van der Waals surface area contributed by atoms with Crippen molar-refractivity contribution in [1.82, 2.24) is 4.90 Å². The van der Waals surface area contributed by atoms with Gasteiger partial charge in [0.2, 0.25) is 0 Å². The number of alkyl halides is 1. The van der Waals surface area contributed by atoms with Crippen LogP contribution in [0, 0.1) is 5.92 Å². The summed E-state index contributed by atoms with van der Waals surface area (Å²) in [4.78, 5) is 2.45. The zero-order valence-electron chi connectivity index (χ0n) is 6.81. The van der Waals surface area contributed by atoms with Crippen LogP contribution in [0.25, 0.3) is 0 Å². The molecule has 2 atom stereocenters. The maximum absolute atomic E-state index is 5.86. The van der Waals surface area contributed by atoms with E-state index in [1.807, 2.05) is 0 Å². The van der Waals surface area contributed by atoms with Gasteiger partial charge in [0, 0.05) is 18.5 Å². The first-order valence-electron chi connectivity index (χ1n) is 4.05. The van der Waals surface area contributed by atoms with Crippen molar-refractivity contribution in [3.05, 3.63) is 0 Å². The van der Waals surface area contributed by atoms with Gasteiger partial charge in [0.15, 0.2) is 0 Å². The Morgan fingerprint density at radius 3 is 2.80 bits per heavy atom. The second kappa shape index (κ2) is 3.59. The second-order valence-corrected chi connectivity index (χ2v) is 4.18. The Kier molecular flexibility index (Phi) is 2.99. The lowest BCUT2D eigenvalue weighted by molar-refractivity contribution is 0.331. The first kappa shape index (κ1) is 8.35. The van der Waals surface area contributed by atoms with Crippen molar-refractivity contribution in [2.45, 2.75) is 25.6 Å². The normalized spacial score (nSPS) is 30.9. The molecule has 1 rings (SSSR count). The number of rotatable bonds is 2. The molecule has 1 aliphatic heterocycles. The fourth-order valence-corrected chi connectivity index (χ4v) is 1.74. The molecule has 0 aromatic rings. The molecular formula is C8H16ClN. The van der Waals surface area contributed by atoms with Crippen LogP contribution in [-0.2, 0) is 0 Å². The van der Waals surface area contributed by atoms with E-state index in [-0.39, 0.29) is 0 Å². The summed E-state index contributed by atoms with van der Waals surface area (Å²) in [7, 11) is 0. The molecule has 1 fully saturated rings. The van der Waals surface area contributed by atoms with E-state index < -0.39 is 0 Å². The molecular weight excluding hydrogens is 146 g/mol. The summed E-state index contributed by atoms with van der Waals surface area (Å²) in [6.45, 7) is 7.92. The molecule has 1 saturated heterocycles. The monoisotopic (exact) mass is 161 g/mol. The Morgan fingerprint density at radius 2 is 2.40 bits per heavy atom. The van der Waals surface area contributed by atoms with Crippen LogP contribution >= 0.6 is 11.6 Å². The lowest BCUT2D eigenvalue weighted by atomic mass is 10.2. The average molecular weight is 162 g/mol. The van der Waals surface area contributed by atoms with E-state index in [4.69, 9.17) is 11.6 Å². The van der Waals surface area contributed by atoms with Gasteiger partial charge in [-0.2, -0.15) is 0 Å². The minimum absolute atomic E-state index is 0.310. The van der Waals surface area contributed by atoms with Crippen molar-refractivity contribution in [2.24, 2.45) is 5.92 Å². The zero-order chi connectivity index (χ0) is 7.56. The van der Waals surface area contributed by atoms with Gasteiger partial charge in [-0.15, -0.1) is 11.6 Å². The average Bonchev–Trinajstić information content (AvgIpc) is 2.13. The first-order valence-corrected chi connectivity index (χ1v) is 4.48. The quantitative estimate of drug-likeness (QED) is 0.560. The highest BCUT2D eigenvalue weighted by Gasteiger charge is 2.18. The number of likely N-dealkylation sites (tertiary alicyclic amines) is 1. The largest absolute Gasteiger partial charge is 0.302 e. The van der Waals surface area contributed by atoms with Crippen LogP contribution in [0.5, 0.6) is 0 Å². The van der Waals surface area contributed by atoms with Crippen LogP contribution in [0.1, 0.15) is 20.3 Å². The fourth-order valence-electron chi connectivity index (χ4n) is 1.55. The van der Waals surface area contributed by atoms with E-state index in [0.717, 1.165) is 12.5 Å². The molecule has 0 saturated carbocycles. The SMILES string of the molecule is CC1CCN(C[C@@H](C)Cl)C1. The highest BCUT2D eigenvalue weighted by atomic mass is 35.5. The fraction of sp³-hybridized carbons (Fsp3) is 1.00. The maximum Gasteiger partial charge on any atom is 0.0435 e. The molecule has 10 heavy (non-hydrogen) atoms. The summed E-state index contributed by atoms with van der Waals surface area (Å²) in [6.07, 6.45) is 1.35. The summed E-state index contributed by atoms with van der Waals surface area (Å²) >= 11 is 5.86. The van der Waals surface area contributed by atoms with Crippen molar-refractivity contribution in [1.29, 1.82) is 0 Å². The number of hydrogen-bond acceptors (Lipinski definition) is 1. The predicted octanol–water partition coefficient (Wildman–Crippen LogP) is 1.96. The third-order valence-electron chi connectivity index (χ3n) is 2.02. The first-order chi connectivity index (χ1) is 4.68. The van der Waals surface area contributed by atoms with Gasteiger partial charge in [0.05, 0.1) is 0 Å². The zero-order valence-corrected chi connectivity index (χ0v) is 7.56. The van der Waals surface area contributed by atoms with Gasteiger partial charge in [0.25, 0.3) is 0 Å². The molecule has 60 valence electrons. The predicted molar refractivity (Wildman–Crippen MR) is 45.5 cm³/mol. The molecule has 1 nitrogen and oxygen atoms in total. The summed E-state index contributed by atoms with van der Waals surface area (Å²) in [6, 6.07) is 0. The lowest BCUT2D eigenvalue weighted by Gasteiger charge is -2.15. The van der Waals surface area contributed by atoms with Gasteiger partial charge in [0.1, 0.15) is 0 Å². The van der Waals surface area contributed by atoms with Crippen molar-refractivity contribution in [3.8, 4) is 0 Å². The maximum atomic E-state index is 5.86. The van der Waals surface area contributed by atoms with Crippen LogP contribution in [0.15, 0.2) is 0 Å². The third kappa shape index (κ3) is 2.47. The highest BCUT2D eigenvalue weighted by Crippen LogP contribution is 2.15. The standard InChI is InChI=1S/C8H16ClN/c1-7-3-4-10(5-7)6-8(2)9/h7-8H,3-6H2,1-2H3/t7?,8-/m1/s1. The topological polar surface area (TPSA) is 3.24 Å². The van der Waals surface area contributed by atoms with Gasteiger partial charge in [-0.05, 0) is 25.8 Å². The second-order valence-electron chi connectivity index (χ2n) is 3.43. The minimum Gasteiger partial charge on any atom is -0.302 e. The van der Waals surface area contributed by atoms with Gasteiger partial charge in [-0.25, -0.2) is 0 Å². The molecule has 0 aliphatic carbocycles. The molecule has 1 unspecified atom stereocenters. The molecule has 1 aliphatic rings. The van der Waals surface area contributed by atoms with Gasteiger partial charge in [-0.1, -0.05) is 6.92 Å². The third-order valence-corrected chi connectivity index (χ3v) is 2.16. The minimum atomic E-state index is 0.310. The molecule has 0 aromatic carbocycles. The molecule has 0 aromatic heterocycles. The van der Waals surface area contributed by atoms with Crippen molar-refractivity contribution < 1.29 is 0 Å². The number of halogens is 1. The van der Waals surface area contributed by atoms with E-state index in [1.54, 1.807) is 0 Å². The molecule has 0 bridgehead atoms. The van der Waals surface area contributed by atoms with Crippen LogP contribution in [-0.4, -0.2) is 29.9 Å². The number of hydrogen-bond donors (Lipinski definition) is 0. The van der Waals surface area contributed by atoms with Gasteiger partial charge in [-0.3, -0.25) is 0 Å². The van der Waals surface area contributed by atoms with Gasteiger partial charge >= 0.3 is 0 Å². The Bertz CT molecular complexity index is 103. The number of nitrogens with zero attached hydrogens (tertiary/aromatic N) is 1. The van der Waals surface area contributed by atoms with E-state index in [1.165, 1.54) is 19.5 Å². The van der Waals surface area contributed by atoms with Crippen LogP contribution in [0.2, 0.25) is 0 Å². The summed E-state index contributed by atoms with van der Waals surface area (Å²) in [5.74, 6) is 0.885. The molecule has 0 N–H and O–H groups in total. The van der Waals surface area contributed by atoms with Crippen LogP contribution < -0.4 is 0 Å². The van der Waals surface area contributed by atoms with E-state index in [2.05, 4.69) is 18.7 Å². The summed E-state index contributed by atoms with van der Waals surface area (Å²) in [5.41, 5.74) is 0. The van der Waals surface area contributed by atoms with Crippen molar-refractivity contribution in [2.75, 3.05) is 19.6 Å². The lowest BCUT2D eigenvalue weighted by Crippen LogP contribution is -2.26. The van der Waals surface area contributed by atoms with E-state index >= 15 is 0 Å². The smallest absolute Gasteiger partial charge is 0.0435 e. The molecule has 0 amide bonds. The Morgan fingerprint density at radius 1 is 1.70 bits per heavy atom.